The van der Waals surface area contributed by atoms with Gasteiger partial charge in [-0.1, -0.05) is 62.4 Å². The number of nitrogens with zero attached hydrogens (tertiary/aromatic N) is 1. The van der Waals surface area contributed by atoms with E-state index in [9.17, 15) is 19.5 Å². The van der Waals surface area contributed by atoms with Gasteiger partial charge < -0.3 is 20.1 Å². The third-order valence-corrected chi connectivity index (χ3v) is 7.96. The number of carbonyl (C=O) groups is 3. The Kier molecular flexibility index (Phi) is 11.1. The van der Waals surface area contributed by atoms with Gasteiger partial charge in [-0.25, -0.2) is 0 Å². The van der Waals surface area contributed by atoms with Gasteiger partial charge in [0.15, 0.2) is 0 Å². The van der Waals surface area contributed by atoms with Crippen LogP contribution in [-0.4, -0.2) is 47.3 Å². The van der Waals surface area contributed by atoms with Gasteiger partial charge in [0.1, 0.15) is 0 Å². The summed E-state index contributed by atoms with van der Waals surface area (Å²) < 4.78 is 0. The van der Waals surface area contributed by atoms with Gasteiger partial charge in [0.05, 0.1) is 12.0 Å². The number of hydrogen-bond acceptors (Lipinski definition) is 5. The van der Waals surface area contributed by atoms with Crippen LogP contribution in [-0.2, 0) is 16.1 Å². The van der Waals surface area contributed by atoms with Crippen molar-refractivity contribution in [1.29, 1.82) is 0 Å². The molecule has 0 aliphatic heterocycles. The Balaban J connectivity index is 1.86. The first kappa shape index (κ1) is 28.8. The zero-order chi connectivity index (χ0) is 26.8. The second-order valence-electron chi connectivity index (χ2n) is 10.1. The molecule has 7 heteroatoms. The van der Waals surface area contributed by atoms with E-state index in [1.807, 2.05) is 54.5 Å². The molecule has 1 saturated carbocycles. The lowest BCUT2D eigenvalue weighted by molar-refractivity contribution is -0.308. The van der Waals surface area contributed by atoms with Gasteiger partial charge in [-0.3, -0.25) is 9.59 Å². The molecule has 200 valence electrons. The van der Waals surface area contributed by atoms with Crippen LogP contribution in [0.15, 0.2) is 42.5 Å². The number of aryl methyl sites for hydroxylation is 1. The number of benzene rings is 2. The van der Waals surface area contributed by atoms with Gasteiger partial charge in [0.2, 0.25) is 5.91 Å². The quantitative estimate of drug-likeness (QED) is 0.440. The minimum atomic E-state index is -1.29. The normalized spacial score (nSPS) is 14.7. The molecule has 1 N–H and O–H groups in total. The molecule has 0 unspecified atom stereocenters. The van der Waals surface area contributed by atoms with E-state index in [0.717, 1.165) is 35.2 Å². The van der Waals surface area contributed by atoms with Crippen LogP contribution in [0.1, 0.15) is 73.4 Å². The number of carbonyl (C=O) groups excluding carboxylic acids is 3. The molecule has 1 aliphatic rings. The Hall–Kier alpha value is -2.80. The molecule has 0 spiro atoms. The smallest absolute Gasteiger partial charge is 0.252 e. The Morgan fingerprint density at radius 3 is 2.46 bits per heavy atom. The van der Waals surface area contributed by atoms with Crippen molar-refractivity contribution in [1.82, 2.24) is 10.2 Å². The summed E-state index contributed by atoms with van der Waals surface area (Å²) >= 11 is 1.52. The van der Waals surface area contributed by atoms with Crippen molar-refractivity contribution in [3.63, 3.8) is 0 Å². The fourth-order valence-electron chi connectivity index (χ4n) is 5.09. The highest BCUT2D eigenvalue weighted by atomic mass is 32.2. The first-order chi connectivity index (χ1) is 17.8. The van der Waals surface area contributed by atoms with Crippen molar-refractivity contribution in [2.45, 2.75) is 71.4 Å². The minimum Gasteiger partial charge on any atom is -0.548 e. The number of nitrogens with one attached hydrogen (secondary N) is 1. The van der Waals surface area contributed by atoms with Crippen LogP contribution in [0.2, 0.25) is 0 Å². The van der Waals surface area contributed by atoms with Crippen LogP contribution in [0.25, 0.3) is 11.1 Å². The average molecular weight is 524 g/mol. The van der Waals surface area contributed by atoms with E-state index in [1.165, 1.54) is 43.9 Å². The number of thioether (sulfide) groups is 1. The van der Waals surface area contributed by atoms with Crippen molar-refractivity contribution < 1.29 is 19.5 Å². The molecule has 2 amide bonds. The second kappa shape index (κ2) is 14.2. The molecule has 1 aliphatic carbocycles. The Bertz CT molecular complexity index is 1080. The lowest BCUT2D eigenvalue weighted by atomic mass is 9.87. The van der Waals surface area contributed by atoms with Gasteiger partial charge in [0, 0.05) is 25.6 Å². The van der Waals surface area contributed by atoms with E-state index in [2.05, 4.69) is 5.32 Å². The molecular formula is C30H39N2O4S-. The number of carboxylic acids is 1. The Morgan fingerprint density at radius 1 is 1.08 bits per heavy atom. The van der Waals surface area contributed by atoms with E-state index in [0.29, 0.717) is 30.2 Å². The molecule has 2 aromatic rings. The van der Waals surface area contributed by atoms with Gasteiger partial charge in [-0.2, -0.15) is 11.8 Å². The van der Waals surface area contributed by atoms with Crippen molar-refractivity contribution in [3.05, 3.63) is 59.2 Å². The standard InChI is InChI=1S/C30H40N2O4S/c1-21-9-7-8-12-25(21)27-19-24(20-32(22(2)33)17-15-23-10-5-4-6-11-23)13-14-26(27)29(34)31-28(30(35)36)16-18-37-3/h7-9,12-14,19,23,28H,4-6,10-11,15-18,20H2,1-3H3,(H,31,34)(H,35,36)/p-1/t28-/m0/s1. The molecule has 1 atom stereocenters. The molecule has 0 bridgehead atoms. The summed E-state index contributed by atoms with van der Waals surface area (Å²) in [5.74, 6) is -0.399. The average Bonchev–Trinajstić information content (AvgIpc) is 2.89. The molecule has 2 aromatic carbocycles. The highest BCUT2D eigenvalue weighted by Crippen LogP contribution is 2.30. The van der Waals surface area contributed by atoms with Gasteiger partial charge in [-0.15, -0.1) is 0 Å². The summed E-state index contributed by atoms with van der Waals surface area (Å²) in [5, 5.41) is 14.3. The maximum Gasteiger partial charge on any atom is 0.252 e. The molecule has 6 nitrogen and oxygen atoms in total. The third-order valence-electron chi connectivity index (χ3n) is 7.32. The molecule has 3 rings (SSSR count). The van der Waals surface area contributed by atoms with Crippen LogP contribution in [0, 0.1) is 12.8 Å². The Morgan fingerprint density at radius 2 is 1.81 bits per heavy atom. The molecule has 0 aromatic heterocycles. The van der Waals surface area contributed by atoms with Gasteiger partial charge in [-0.05, 0) is 72.1 Å². The molecule has 0 radical (unpaired) electrons. The van der Waals surface area contributed by atoms with E-state index >= 15 is 0 Å². The van der Waals surface area contributed by atoms with Crippen molar-refractivity contribution in [2.75, 3.05) is 18.6 Å². The largest absolute Gasteiger partial charge is 0.548 e. The topological polar surface area (TPSA) is 89.5 Å². The minimum absolute atomic E-state index is 0.0423. The zero-order valence-electron chi connectivity index (χ0n) is 22.3. The molecule has 0 saturated heterocycles. The Labute approximate surface area is 225 Å². The number of carboxylic acid groups (broad SMARTS) is 1. The van der Waals surface area contributed by atoms with E-state index < -0.39 is 17.9 Å². The summed E-state index contributed by atoms with van der Waals surface area (Å²) in [6, 6.07) is 12.3. The maximum atomic E-state index is 13.3. The van der Waals surface area contributed by atoms with E-state index in [4.69, 9.17) is 0 Å². The zero-order valence-corrected chi connectivity index (χ0v) is 23.1. The summed E-state index contributed by atoms with van der Waals surface area (Å²) in [5.41, 5.74) is 3.98. The summed E-state index contributed by atoms with van der Waals surface area (Å²) in [6.07, 6.45) is 9.58. The fourth-order valence-corrected chi connectivity index (χ4v) is 5.56. The predicted octanol–water partition coefficient (Wildman–Crippen LogP) is 4.58. The first-order valence-electron chi connectivity index (χ1n) is 13.2. The second-order valence-corrected chi connectivity index (χ2v) is 11.0. The first-order valence-corrected chi connectivity index (χ1v) is 14.6. The van der Waals surface area contributed by atoms with Crippen LogP contribution in [0.4, 0.5) is 0 Å². The van der Waals surface area contributed by atoms with Gasteiger partial charge >= 0.3 is 0 Å². The molecule has 1 fully saturated rings. The number of amides is 2. The number of aliphatic carboxylic acids is 1. The number of hydrogen-bond donors (Lipinski definition) is 1. The van der Waals surface area contributed by atoms with Crippen molar-refractivity contribution >= 4 is 29.5 Å². The molecular weight excluding hydrogens is 484 g/mol. The highest BCUT2D eigenvalue weighted by molar-refractivity contribution is 7.98. The molecule has 0 heterocycles. The monoisotopic (exact) mass is 523 g/mol. The van der Waals surface area contributed by atoms with Crippen molar-refractivity contribution in [3.8, 4) is 11.1 Å². The fraction of sp³-hybridized carbons (Fsp3) is 0.500. The predicted molar refractivity (Wildman–Crippen MR) is 148 cm³/mol. The lowest BCUT2D eigenvalue weighted by Gasteiger charge is -2.27. The molecule has 37 heavy (non-hydrogen) atoms. The van der Waals surface area contributed by atoms with E-state index in [1.54, 1.807) is 13.0 Å². The summed E-state index contributed by atoms with van der Waals surface area (Å²) in [7, 11) is 0. The maximum absolute atomic E-state index is 13.3. The van der Waals surface area contributed by atoms with Crippen LogP contribution >= 0.6 is 11.8 Å². The summed E-state index contributed by atoms with van der Waals surface area (Å²) in [4.78, 5) is 39.3. The SMILES string of the molecule is CSCC[C@H](NC(=O)c1ccc(CN(CCC2CCCCC2)C(C)=O)cc1-c1ccccc1C)C(=O)[O-]. The van der Waals surface area contributed by atoms with Crippen LogP contribution in [0.5, 0.6) is 0 Å². The van der Waals surface area contributed by atoms with Crippen molar-refractivity contribution in [2.24, 2.45) is 5.92 Å². The van der Waals surface area contributed by atoms with Gasteiger partial charge in [0.25, 0.3) is 5.91 Å². The summed E-state index contributed by atoms with van der Waals surface area (Å²) in [6.45, 7) is 4.79. The van der Waals surface area contributed by atoms with Crippen LogP contribution < -0.4 is 10.4 Å². The third kappa shape index (κ3) is 8.35. The lowest BCUT2D eigenvalue weighted by Crippen LogP contribution is -2.48. The van der Waals surface area contributed by atoms with Crippen LogP contribution in [0.3, 0.4) is 0 Å². The van der Waals surface area contributed by atoms with E-state index in [-0.39, 0.29) is 5.91 Å². The number of rotatable bonds is 12. The highest BCUT2D eigenvalue weighted by Gasteiger charge is 2.21.